The molecule has 1 aliphatic rings. The van der Waals surface area contributed by atoms with Gasteiger partial charge in [0.1, 0.15) is 11.6 Å². The minimum Gasteiger partial charge on any atom is -0.497 e. The van der Waals surface area contributed by atoms with Gasteiger partial charge in [-0.05, 0) is 54.2 Å². The van der Waals surface area contributed by atoms with Crippen LogP contribution in [0.5, 0.6) is 5.75 Å². The van der Waals surface area contributed by atoms with E-state index in [0.717, 1.165) is 54.8 Å². The fourth-order valence-corrected chi connectivity index (χ4v) is 3.18. The first kappa shape index (κ1) is 17.6. The highest BCUT2D eigenvalue weighted by Gasteiger charge is 2.19. The monoisotopic (exact) mass is 359 g/mol. The number of rotatable bonds is 4. The normalized spacial score (nSPS) is 15.0. The molecule has 25 heavy (non-hydrogen) atoms. The lowest BCUT2D eigenvalue weighted by atomic mass is 10.2. The summed E-state index contributed by atoms with van der Waals surface area (Å²) < 4.78 is 18.4. The first-order valence-corrected chi connectivity index (χ1v) is 8.71. The number of benzene rings is 2. The van der Waals surface area contributed by atoms with E-state index in [4.69, 9.17) is 17.0 Å². The second kappa shape index (κ2) is 8.27. The fraction of sp³-hybridized carbons (Fsp3) is 0.316. The number of ether oxygens (including phenoxy) is 1. The largest absolute Gasteiger partial charge is 0.497 e. The van der Waals surface area contributed by atoms with E-state index in [1.54, 1.807) is 19.2 Å². The van der Waals surface area contributed by atoms with E-state index in [1.165, 1.54) is 6.07 Å². The second-order valence-corrected chi connectivity index (χ2v) is 6.44. The number of hydrogen-bond donors (Lipinski definition) is 1. The number of thiocarbonyl (C=S) groups is 1. The molecule has 1 heterocycles. The second-order valence-electron chi connectivity index (χ2n) is 6.05. The molecule has 0 bridgehead atoms. The molecule has 0 unspecified atom stereocenters. The van der Waals surface area contributed by atoms with Crippen LogP contribution in [0.2, 0.25) is 0 Å². The van der Waals surface area contributed by atoms with Crippen LogP contribution < -0.4 is 10.1 Å². The third-order valence-electron chi connectivity index (χ3n) is 4.30. The summed E-state index contributed by atoms with van der Waals surface area (Å²) in [6, 6.07) is 14.5. The highest BCUT2D eigenvalue weighted by atomic mass is 32.1. The van der Waals surface area contributed by atoms with E-state index in [-0.39, 0.29) is 5.82 Å². The van der Waals surface area contributed by atoms with E-state index in [0.29, 0.717) is 0 Å². The molecule has 0 amide bonds. The molecule has 0 spiro atoms. The summed E-state index contributed by atoms with van der Waals surface area (Å²) >= 11 is 5.52. The Morgan fingerprint density at radius 2 is 1.84 bits per heavy atom. The van der Waals surface area contributed by atoms with E-state index < -0.39 is 0 Å². The quantitative estimate of drug-likeness (QED) is 0.845. The van der Waals surface area contributed by atoms with Gasteiger partial charge in [-0.2, -0.15) is 0 Å². The van der Waals surface area contributed by atoms with Crippen molar-refractivity contribution in [2.75, 3.05) is 38.6 Å². The SMILES string of the molecule is COc1ccc(NC(=S)N2CCN(Cc3cccc(F)c3)CC2)cc1. The molecule has 0 saturated carbocycles. The molecule has 1 saturated heterocycles. The molecule has 1 aliphatic heterocycles. The van der Waals surface area contributed by atoms with E-state index in [9.17, 15) is 4.39 Å². The van der Waals surface area contributed by atoms with Gasteiger partial charge in [-0.3, -0.25) is 4.90 Å². The maximum absolute atomic E-state index is 13.3. The van der Waals surface area contributed by atoms with Gasteiger partial charge in [0.2, 0.25) is 0 Å². The summed E-state index contributed by atoms with van der Waals surface area (Å²) in [5.74, 6) is 0.642. The lowest BCUT2D eigenvalue weighted by molar-refractivity contribution is 0.177. The Labute approximate surface area is 153 Å². The lowest BCUT2D eigenvalue weighted by Gasteiger charge is -2.36. The summed E-state index contributed by atoms with van der Waals surface area (Å²) in [6.07, 6.45) is 0. The number of piperazine rings is 1. The first-order chi connectivity index (χ1) is 12.1. The van der Waals surface area contributed by atoms with Gasteiger partial charge in [0.25, 0.3) is 0 Å². The molecule has 0 atom stereocenters. The van der Waals surface area contributed by atoms with E-state index in [1.807, 2.05) is 30.3 Å². The van der Waals surface area contributed by atoms with E-state index >= 15 is 0 Å². The molecule has 2 aromatic carbocycles. The molecular weight excluding hydrogens is 337 g/mol. The third kappa shape index (κ3) is 4.90. The average Bonchev–Trinajstić information content (AvgIpc) is 2.63. The molecule has 0 aromatic heterocycles. The van der Waals surface area contributed by atoms with Crippen LogP contribution in [0.1, 0.15) is 5.56 Å². The maximum Gasteiger partial charge on any atom is 0.173 e. The Bertz CT molecular complexity index is 715. The van der Waals surface area contributed by atoms with Crippen LogP contribution in [0.15, 0.2) is 48.5 Å². The minimum absolute atomic E-state index is 0.180. The van der Waals surface area contributed by atoms with Crippen molar-refractivity contribution in [2.45, 2.75) is 6.54 Å². The Balaban J connectivity index is 1.48. The van der Waals surface area contributed by atoms with Crippen molar-refractivity contribution in [1.29, 1.82) is 0 Å². The topological polar surface area (TPSA) is 27.7 Å². The van der Waals surface area contributed by atoms with Crippen molar-refractivity contribution in [3.63, 3.8) is 0 Å². The number of hydrogen-bond acceptors (Lipinski definition) is 3. The van der Waals surface area contributed by atoms with Crippen molar-refractivity contribution in [1.82, 2.24) is 9.80 Å². The lowest BCUT2D eigenvalue weighted by Crippen LogP contribution is -2.49. The summed E-state index contributed by atoms with van der Waals surface area (Å²) in [7, 11) is 1.65. The van der Waals surface area contributed by atoms with Gasteiger partial charge in [0, 0.05) is 38.4 Å². The van der Waals surface area contributed by atoms with Crippen molar-refractivity contribution in [3.8, 4) is 5.75 Å². The number of nitrogens with zero attached hydrogens (tertiary/aromatic N) is 2. The zero-order valence-electron chi connectivity index (χ0n) is 14.2. The molecule has 1 fully saturated rings. The maximum atomic E-state index is 13.3. The van der Waals surface area contributed by atoms with Crippen LogP contribution in [-0.4, -0.2) is 48.2 Å². The molecule has 132 valence electrons. The number of nitrogens with one attached hydrogen (secondary N) is 1. The summed E-state index contributed by atoms with van der Waals surface area (Å²) in [5, 5.41) is 4.00. The van der Waals surface area contributed by atoms with Gasteiger partial charge in [-0.15, -0.1) is 0 Å². The Kier molecular flexibility index (Phi) is 5.83. The minimum atomic E-state index is -0.180. The van der Waals surface area contributed by atoms with Crippen LogP contribution in [0, 0.1) is 5.82 Å². The third-order valence-corrected chi connectivity index (χ3v) is 4.66. The standard InChI is InChI=1S/C19H22FN3OS/c1-24-18-7-5-17(6-8-18)21-19(25)23-11-9-22(10-12-23)14-15-3-2-4-16(20)13-15/h2-8,13H,9-12,14H2,1H3,(H,21,25). The van der Waals surface area contributed by atoms with E-state index in [2.05, 4.69) is 15.1 Å². The van der Waals surface area contributed by atoms with Gasteiger partial charge < -0.3 is 15.0 Å². The predicted octanol–water partition coefficient (Wildman–Crippen LogP) is 3.35. The van der Waals surface area contributed by atoms with Crippen molar-refractivity contribution in [3.05, 3.63) is 59.9 Å². The predicted molar refractivity (Wildman–Crippen MR) is 102 cm³/mol. The van der Waals surface area contributed by atoms with Gasteiger partial charge >= 0.3 is 0 Å². The number of anilines is 1. The van der Waals surface area contributed by atoms with Crippen molar-refractivity contribution in [2.24, 2.45) is 0 Å². The summed E-state index contributed by atoms with van der Waals surface area (Å²) in [6.45, 7) is 4.29. The smallest absolute Gasteiger partial charge is 0.173 e. The Hall–Kier alpha value is -2.18. The average molecular weight is 359 g/mol. The summed E-state index contributed by atoms with van der Waals surface area (Å²) in [4.78, 5) is 4.49. The Morgan fingerprint density at radius 3 is 2.48 bits per heavy atom. The zero-order valence-corrected chi connectivity index (χ0v) is 15.1. The van der Waals surface area contributed by atoms with Crippen molar-refractivity contribution >= 4 is 23.0 Å². The molecule has 2 aromatic rings. The van der Waals surface area contributed by atoms with Crippen LogP contribution in [-0.2, 0) is 6.54 Å². The van der Waals surface area contributed by atoms with Gasteiger partial charge in [-0.1, -0.05) is 12.1 Å². The highest BCUT2D eigenvalue weighted by Crippen LogP contribution is 2.16. The van der Waals surface area contributed by atoms with Gasteiger partial charge in [-0.25, -0.2) is 4.39 Å². The summed E-state index contributed by atoms with van der Waals surface area (Å²) in [5.41, 5.74) is 1.96. The van der Waals surface area contributed by atoms with Gasteiger partial charge in [0.15, 0.2) is 5.11 Å². The Morgan fingerprint density at radius 1 is 1.12 bits per heavy atom. The molecular formula is C19H22FN3OS. The fourth-order valence-electron chi connectivity index (χ4n) is 2.88. The first-order valence-electron chi connectivity index (χ1n) is 8.31. The van der Waals surface area contributed by atoms with Crippen LogP contribution in [0.3, 0.4) is 0 Å². The van der Waals surface area contributed by atoms with Crippen LogP contribution in [0.25, 0.3) is 0 Å². The number of methoxy groups -OCH3 is 1. The molecule has 1 N–H and O–H groups in total. The molecule has 0 aliphatic carbocycles. The molecule has 4 nitrogen and oxygen atoms in total. The van der Waals surface area contributed by atoms with Crippen molar-refractivity contribution < 1.29 is 9.13 Å². The molecule has 0 radical (unpaired) electrons. The molecule has 3 rings (SSSR count). The number of halogens is 1. The zero-order chi connectivity index (χ0) is 17.6. The highest BCUT2D eigenvalue weighted by molar-refractivity contribution is 7.80. The molecule has 6 heteroatoms. The van der Waals surface area contributed by atoms with Gasteiger partial charge in [0.05, 0.1) is 7.11 Å². The van der Waals surface area contributed by atoms with Crippen LogP contribution in [0.4, 0.5) is 10.1 Å². The van der Waals surface area contributed by atoms with Crippen LogP contribution >= 0.6 is 12.2 Å².